The molecule has 0 heterocycles. The molecule has 0 nitrogen and oxygen atoms in total. The van der Waals surface area contributed by atoms with Crippen LogP contribution < -0.4 is 0 Å². The van der Waals surface area contributed by atoms with Crippen LogP contribution in [0, 0.1) is 0 Å². The van der Waals surface area contributed by atoms with Gasteiger partial charge in [-0.3, -0.25) is 0 Å². The lowest BCUT2D eigenvalue weighted by Gasteiger charge is -2.28. The summed E-state index contributed by atoms with van der Waals surface area (Å²) < 4.78 is 0. The SMILES string of the molecule is c1ccc(-c2cc3ccccc3c(-c3cccc4ccccc34)c2-c2ccccc2-c2c(C3CCCCC3)ccc3c2ccc2c4ccccc4ccc32)cc1. The Hall–Kier alpha value is -6.50. The van der Waals surface area contributed by atoms with Crippen LogP contribution in [-0.2, 0) is 0 Å². The Morgan fingerprint density at radius 1 is 0.286 bits per heavy atom. The highest BCUT2D eigenvalue weighted by atomic mass is 14.3. The van der Waals surface area contributed by atoms with Gasteiger partial charge in [-0.15, -0.1) is 0 Å². The largest absolute Gasteiger partial charge is 0.0622 e. The van der Waals surface area contributed by atoms with E-state index < -0.39 is 0 Å². The quantitative estimate of drug-likeness (QED) is 0.156. The van der Waals surface area contributed by atoms with Crippen LogP contribution in [0.25, 0.3) is 98.4 Å². The average molecular weight is 715 g/mol. The van der Waals surface area contributed by atoms with Crippen molar-refractivity contribution in [1.29, 1.82) is 0 Å². The van der Waals surface area contributed by atoms with Crippen molar-refractivity contribution in [2.45, 2.75) is 38.0 Å². The van der Waals surface area contributed by atoms with E-state index in [1.54, 1.807) is 0 Å². The Morgan fingerprint density at radius 2 is 0.821 bits per heavy atom. The van der Waals surface area contributed by atoms with Gasteiger partial charge in [0.15, 0.2) is 0 Å². The first-order chi connectivity index (χ1) is 27.8. The average Bonchev–Trinajstić information content (AvgIpc) is 3.28. The summed E-state index contributed by atoms with van der Waals surface area (Å²) in [6.07, 6.45) is 6.40. The summed E-state index contributed by atoms with van der Waals surface area (Å²) in [5.74, 6) is 0.534. The molecular formula is C56H42. The Labute approximate surface area is 328 Å². The zero-order valence-electron chi connectivity index (χ0n) is 31.5. The van der Waals surface area contributed by atoms with Crippen LogP contribution in [0.1, 0.15) is 43.6 Å². The first-order valence-corrected chi connectivity index (χ1v) is 20.4. The van der Waals surface area contributed by atoms with Crippen LogP contribution in [0.4, 0.5) is 0 Å². The summed E-state index contributed by atoms with van der Waals surface area (Å²) in [5.41, 5.74) is 11.8. The van der Waals surface area contributed by atoms with Crippen LogP contribution >= 0.6 is 0 Å². The monoisotopic (exact) mass is 714 g/mol. The third kappa shape index (κ3) is 5.35. The summed E-state index contributed by atoms with van der Waals surface area (Å²) in [6, 6.07) is 70.8. The van der Waals surface area contributed by atoms with E-state index in [-0.39, 0.29) is 0 Å². The van der Waals surface area contributed by atoms with Gasteiger partial charge in [0, 0.05) is 0 Å². The molecule has 266 valence electrons. The minimum absolute atomic E-state index is 0.534. The van der Waals surface area contributed by atoms with Crippen molar-refractivity contribution in [1.82, 2.24) is 0 Å². The predicted octanol–water partition coefficient (Wildman–Crippen LogP) is 16.2. The summed E-state index contributed by atoms with van der Waals surface area (Å²) in [6.45, 7) is 0. The Balaban J connectivity index is 1.29. The van der Waals surface area contributed by atoms with E-state index in [1.165, 1.54) is 136 Å². The van der Waals surface area contributed by atoms with Crippen molar-refractivity contribution in [2.24, 2.45) is 0 Å². The normalized spacial score (nSPS) is 13.6. The van der Waals surface area contributed by atoms with Crippen molar-refractivity contribution >= 4 is 53.9 Å². The molecule has 0 amide bonds. The molecule has 10 aromatic rings. The standard InChI is InChI=1S/C56H42/c1-3-16-38(17-4-1)45-32-33-48-47-31-30-40-21-8-10-24-42(40)46(47)34-35-52(48)54(45)50-27-13-14-28-51(50)56-53(39-18-5-2-6-19-39)36-41-22-9-12-26-44(41)55(56)49-29-15-23-37-20-7-11-25-43(37)49/h2,5-15,18-36,38H,1,3-4,16-17H2. The third-order valence-corrected chi connectivity index (χ3v) is 12.7. The fourth-order valence-corrected chi connectivity index (χ4v) is 10.1. The second kappa shape index (κ2) is 13.7. The van der Waals surface area contributed by atoms with E-state index >= 15 is 0 Å². The maximum Gasteiger partial charge on any atom is -0.00139 e. The van der Waals surface area contributed by atoms with Crippen LogP contribution in [0.3, 0.4) is 0 Å². The van der Waals surface area contributed by atoms with E-state index in [9.17, 15) is 0 Å². The number of fused-ring (bicyclic) bond motifs is 7. The molecule has 0 N–H and O–H groups in total. The van der Waals surface area contributed by atoms with E-state index in [2.05, 4.69) is 188 Å². The van der Waals surface area contributed by atoms with Gasteiger partial charge < -0.3 is 0 Å². The van der Waals surface area contributed by atoms with Crippen molar-refractivity contribution in [3.63, 3.8) is 0 Å². The van der Waals surface area contributed by atoms with E-state index in [0.717, 1.165) is 0 Å². The first-order valence-electron chi connectivity index (χ1n) is 20.4. The maximum atomic E-state index is 2.50. The van der Waals surface area contributed by atoms with Gasteiger partial charge in [-0.1, -0.05) is 201 Å². The summed E-state index contributed by atoms with van der Waals surface area (Å²) in [4.78, 5) is 0. The highest BCUT2D eigenvalue weighted by Gasteiger charge is 2.26. The van der Waals surface area contributed by atoms with Gasteiger partial charge in [0.2, 0.25) is 0 Å². The molecule has 0 saturated heterocycles. The Kier molecular flexibility index (Phi) is 8.02. The first kappa shape index (κ1) is 32.9. The van der Waals surface area contributed by atoms with Gasteiger partial charge in [-0.2, -0.15) is 0 Å². The lowest BCUT2D eigenvalue weighted by molar-refractivity contribution is 0.444. The Bertz CT molecular complexity index is 3100. The number of benzene rings is 10. The van der Waals surface area contributed by atoms with Crippen LogP contribution in [0.5, 0.6) is 0 Å². The molecule has 0 spiro atoms. The van der Waals surface area contributed by atoms with E-state index in [1.807, 2.05) is 0 Å². The molecule has 0 aliphatic heterocycles. The third-order valence-electron chi connectivity index (χ3n) is 12.7. The fraction of sp³-hybridized carbons (Fsp3) is 0.107. The minimum atomic E-state index is 0.534. The molecule has 1 aliphatic carbocycles. The van der Waals surface area contributed by atoms with Crippen LogP contribution in [-0.4, -0.2) is 0 Å². The van der Waals surface area contributed by atoms with Crippen LogP contribution in [0.15, 0.2) is 188 Å². The Morgan fingerprint density at radius 3 is 1.62 bits per heavy atom. The lowest BCUT2D eigenvalue weighted by atomic mass is 9.76. The van der Waals surface area contributed by atoms with Gasteiger partial charge in [-0.25, -0.2) is 0 Å². The zero-order chi connectivity index (χ0) is 37.0. The summed E-state index contributed by atoms with van der Waals surface area (Å²) in [7, 11) is 0. The van der Waals surface area contributed by atoms with Gasteiger partial charge in [0.1, 0.15) is 0 Å². The molecule has 1 saturated carbocycles. The number of rotatable bonds is 5. The lowest BCUT2D eigenvalue weighted by Crippen LogP contribution is -2.07. The van der Waals surface area contributed by atoms with Gasteiger partial charge in [-0.05, 0) is 129 Å². The molecule has 10 aromatic carbocycles. The molecule has 0 radical (unpaired) electrons. The van der Waals surface area contributed by atoms with Crippen molar-refractivity contribution in [2.75, 3.05) is 0 Å². The molecule has 1 fully saturated rings. The smallest absolute Gasteiger partial charge is 0.00139 e. The topological polar surface area (TPSA) is 0 Å². The summed E-state index contributed by atoms with van der Waals surface area (Å²) >= 11 is 0. The molecule has 0 heteroatoms. The van der Waals surface area contributed by atoms with Crippen molar-refractivity contribution < 1.29 is 0 Å². The molecule has 0 atom stereocenters. The van der Waals surface area contributed by atoms with Gasteiger partial charge in [0.25, 0.3) is 0 Å². The molecule has 11 rings (SSSR count). The zero-order valence-corrected chi connectivity index (χ0v) is 31.5. The number of hydrogen-bond donors (Lipinski definition) is 0. The minimum Gasteiger partial charge on any atom is -0.0622 e. The fourth-order valence-electron chi connectivity index (χ4n) is 10.1. The molecule has 0 unspecified atom stereocenters. The van der Waals surface area contributed by atoms with Crippen LogP contribution in [0.2, 0.25) is 0 Å². The molecule has 0 aromatic heterocycles. The van der Waals surface area contributed by atoms with Gasteiger partial charge in [0.05, 0.1) is 0 Å². The van der Waals surface area contributed by atoms with E-state index in [4.69, 9.17) is 0 Å². The highest BCUT2D eigenvalue weighted by molar-refractivity contribution is 6.21. The summed E-state index contributed by atoms with van der Waals surface area (Å²) in [5, 5.41) is 13.0. The van der Waals surface area contributed by atoms with Gasteiger partial charge >= 0.3 is 0 Å². The second-order valence-corrected chi connectivity index (χ2v) is 15.7. The number of hydrogen-bond acceptors (Lipinski definition) is 0. The van der Waals surface area contributed by atoms with E-state index in [0.29, 0.717) is 5.92 Å². The molecule has 56 heavy (non-hydrogen) atoms. The second-order valence-electron chi connectivity index (χ2n) is 15.7. The maximum absolute atomic E-state index is 2.50. The predicted molar refractivity (Wildman–Crippen MR) is 242 cm³/mol. The van der Waals surface area contributed by atoms with Crippen molar-refractivity contribution in [3.05, 3.63) is 194 Å². The molecule has 1 aliphatic rings. The van der Waals surface area contributed by atoms with Crippen molar-refractivity contribution in [3.8, 4) is 44.5 Å². The highest BCUT2D eigenvalue weighted by Crippen LogP contribution is 2.52. The molecular weight excluding hydrogens is 673 g/mol. The molecule has 0 bridgehead atoms.